The van der Waals surface area contributed by atoms with E-state index in [9.17, 15) is 9.59 Å². The van der Waals surface area contributed by atoms with Gasteiger partial charge in [-0.05, 0) is 70.4 Å². The summed E-state index contributed by atoms with van der Waals surface area (Å²) < 4.78 is 12.0. The third kappa shape index (κ3) is 7.21. The van der Waals surface area contributed by atoms with Gasteiger partial charge in [0.05, 0.1) is 17.3 Å². The molecule has 1 unspecified atom stereocenters. The number of carbonyl (C=O) groups excluding carboxylic acids is 2. The molecule has 3 heterocycles. The highest BCUT2D eigenvalue weighted by Crippen LogP contribution is 2.38. The summed E-state index contributed by atoms with van der Waals surface area (Å²) in [6.07, 6.45) is 4.48. The van der Waals surface area contributed by atoms with Gasteiger partial charge in [0.2, 0.25) is 17.7 Å². The van der Waals surface area contributed by atoms with E-state index in [4.69, 9.17) is 19.7 Å². The maximum absolute atomic E-state index is 12.6. The number of hydrogen-bond donors (Lipinski definition) is 2. The molecule has 226 valence electrons. The van der Waals surface area contributed by atoms with Crippen LogP contribution in [0.3, 0.4) is 0 Å². The van der Waals surface area contributed by atoms with E-state index in [2.05, 4.69) is 20.6 Å². The zero-order chi connectivity index (χ0) is 31.3. The predicted octanol–water partition coefficient (Wildman–Crippen LogP) is 6.46. The van der Waals surface area contributed by atoms with Crippen LogP contribution in [-0.4, -0.2) is 56.6 Å². The number of piperidine rings is 1. The molecule has 4 aromatic rings. The summed E-state index contributed by atoms with van der Waals surface area (Å²) >= 11 is 0. The number of pyridine rings is 1. The standard InChI is InChI=1S/C33H35N7O4/c1-21-12-13-23-24(9-5-11-26(23)38-28(41)14-16-34)29(21)43-30-25(10-6-17-35-30)27-15-18-36-31(39-27)37-22-8-7-19-40(20-22)32(42)44-33(2,3)4/h5-6,9-13,15,17-18,22H,7-8,14,19-20H2,1-4H3,(H,38,41)(H,36,37,39). The Bertz CT molecular complexity index is 1730. The normalized spacial score (nSPS) is 14.9. The third-order valence-corrected chi connectivity index (χ3v) is 7.03. The van der Waals surface area contributed by atoms with Crippen LogP contribution >= 0.6 is 0 Å². The largest absolute Gasteiger partial charge is 0.444 e. The first-order chi connectivity index (χ1) is 21.1. The van der Waals surface area contributed by atoms with E-state index in [-0.39, 0.29) is 24.5 Å². The fourth-order valence-electron chi connectivity index (χ4n) is 5.06. The van der Waals surface area contributed by atoms with Crippen LogP contribution in [0.4, 0.5) is 16.4 Å². The van der Waals surface area contributed by atoms with Gasteiger partial charge in [0.25, 0.3) is 0 Å². The van der Waals surface area contributed by atoms with Gasteiger partial charge >= 0.3 is 6.09 Å². The molecule has 0 bridgehead atoms. The second-order valence-corrected chi connectivity index (χ2v) is 11.6. The number of aryl methyl sites for hydroxylation is 1. The predicted molar refractivity (Wildman–Crippen MR) is 167 cm³/mol. The average molecular weight is 594 g/mol. The highest BCUT2D eigenvalue weighted by molar-refractivity contribution is 6.05. The maximum Gasteiger partial charge on any atom is 0.410 e. The van der Waals surface area contributed by atoms with Gasteiger partial charge in [-0.2, -0.15) is 5.26 Å². The molecule has 2 amide bonds. The fraction of sp³-hybridized carbons (Fsp3) is 0.333. The van der Waals surface area contributed by atoms with Crippen molar-refractivity contribution >= 4 is 34.4 Å². The molecule has 11 heteroatoms. The molecule has 1 aliphatic heterocycles. The minimum atomic E-state index is -0.556. The number of amides is 2. The Balaban J connectivity index is 1.39. The van der Waals surface area contributed by atoms with Crippen LogP contribution in [0, 0.1) is 18.3 Å². The van der Waals surface area contributed by atoms with Crippen LogP contribution in [0.1, 0.15) is 45.6 Å². The molecule has 2 N–H and O–H groups in total. The van der Waals surface area contributed by atoms with Crippen molar-refractivity contribution in [3.63, 3.8) is 0 Å². The van der Waals surface area contributed by atoms with Crippen LogP contribution in [0.5, 0.6) is 11.6 Å². The number of hydrogen-bond acceptors (Lipinski definition) is 9. The minimum Gasteiger partial charge on any atom is -0.444 e. The number of anilines is 2. The molecular formula is C33H35N7O4. The first-order valence-electron chi connectivity index (χ1n) is 14.5. The second-order valence-electron chi connectivity index (χ2n) is 11.6. The van der Waals surface area contributed by atoms with Gasteiger partial charge in [0.1, 0.15) is 17.8 Å². The third-order valence-electron chi connectivity index (χ3n) is 7.03. The quantitative estimate of drug-likeness (QED) is 0.247. The van der Waals surface area contributed by atoms with Gasteiger partial charge in [-0.3, -0.25) is 4.79 Å². The summed E-state index contributed by atoms with van der Waals surface area (Å²) in [5.41, 5.74) is 2.21. The summed E-state index contributed by atoms with van der Waals surface area (Å²) in [5.74, 6) is 1.01. The number of aromatic nitrogens is 3. The van der Waals surface area contributed by atoms with Crippen molar-refractivity contribution in [1.29, 1.82) is 5.26 Å². The van der Waals surface area contributed by atoms with E-state index in [0.29, 0.717) is 47.6 Å². The molecule has 11 nitrogen and oxygen atoms in total. The van der Waals surface area contributed by atoms with Crippen molar-refractivity contribution in [2.75, 3.05) is 23.7 Å². The van der Waals surface area contributed by atoms with Crippen molar-refractivity contribution in [1.82, 2.24) is 19.9 Å². The molecule has 0 aliphatic carbocycles. The van der Waals surface area contributed by atoms with E-state index >= 15 is 0 Å². The molecule has 1 saturated heterocycles. The van der Waals surface area contributed by atoms with Gasteiger partial charge in [0, 0.05) is 48.0 Å². The van der Waals surface area contributed by atoms with Crippen molar-refractivity contribution in [3.05, 3.63) is 66.5 Å². The molecule has 5 rings (SSSR count). The summed E-state index contributed by atoms with van der Waals surface area (Å²) in [5, 5.41) is 16.6. The Morgan fingerprint density at radius 2 is 1.91 bits per heavy atom. The van der Waals surface area contributed by atoms with Crippen molar-refractivity contribution in [2.45, 2.75) is 58.6 Å². The smallest absolute Gasteiger partial charge is 0.410 e. The fourth-order valence-corrected chi connectivity index (χ4v) is 5.06. The lowest BCUT2D eigenvalue weighted by Crippen LogP contribution is -2.47. The molecule has 44 heavy (non-hydrogen) atoms. The summed E-state index contributed by atoms with van der Waals surface area (Å²) in [7, 11) is 0. The lowest BCUT2D eigenvalue weighted by molar-refractivity contribution is -0.115. The molecule has 1 aliphatic rings. The number of ether oxygens (including phenoxy) is 2. The number of fused-ring (bicyclic) bond motifs is 1. The minimum absolute atomic E-state index is 0.0303. The maximum atomic E-state index is 12.6. The number of benzene rings is 2. The number of nitrogens with zero attached hydrogens (tertiary/aromatic N) is 5. The Morgan fingerprint density at radius 3 is 2.70 bits per heavy atom. The zero-order valence-electron chi connectivity index (χ0n) is 25.3. The number of nitrogens with one attached hydrogen (secondary N) is 2. The molecular weight excluding hydrogens is 558 g/mol. The van der Waals surface area contributed by atoms with Crippen molar-refractivity contribution in [3.8, 4) is 29.0 Å². The van der Waals surface area contributed by atoms with Crippen LogP contribution in [0.2, 0.25) is 0 Å². The van der Waals surface area contributed by atoms with E-state index in [1.807, 2.05) is 70.2 Å². The zero-order valence-corrected chi connectivity index (χ0v) is 25.3. The monoisotopic (exact) mass is 593 g/mol. The highest BCUT2D eigenvalue weighted by Gasteiger charge is 2.28. The van der Waals surface area contributed by atoms with Crippen LogP contribution < -0.4 is 15.4 Å². The lowest BCUT2D eigenvalue weighted by atomic mass is 10.0. The molecule has 0 radical (unpaired) electrons. The van der Waals surface area contributed by atoms with Gasteiger partial charge in [-0.1, -0.05) is 24.3 Å². The first kappa shape index (κ1) is 30.2. The summed E-state index contributed by atoms with van der Waals surface area (Å²) in [6.45, 7) is 8.65. The first-order valence-corrected chi connectivity index (χ1v) is 14.5. The Kier molecular flexibility index (Phi) is 8.90. The van der Waals surface area contributed by atoms with E-state index in [0.717, 1.165) is 29.2 Å². The molecule has 1 atom stereocenters. The molecule has 2 aromatic heterocycles. The Labute approximate surface area is 256 Å². The molecule has 1 fully saturated rings. The van der Waals surface area contributed by atoms with Crippen molar-refractivity contribution in [2.24, 2.45) is 0 Å². The number of likely N-dealkylation sites (tertiary alicyclic amines) is 1. The Hall–Kier alpha value is -5.24. The topological polar surface area (TPSA) is 142 Å². The van der Waals surface area contributed by atoms with E-state index in [1.54, 1.807) is 29.4 Å². The van der Waals surface area contributed by atoms with Gasteiger partial charge in [-0.15, -0.1) is 0 Å². The number of rotatable bonds is 7. The number of nitriles is 1. The van der Waals surface area contributed by atoms with E-state index < -0.39 is 5.60 Å². The summed E-state index contributed by atoms with van der Waals surface area (Å²) in [4.78, 5) is 40.2. The molecule has 2 aromatic carbocycles. The van der Waals surface area contributed by atoms with Crippen LogP contribution in [0.15, 0.2) is 60.9 Å². The lowest BCUT2D eigenvalue weighted by Gasteiger charge is -2.34. The van der Waals surface area contributed by atoms with Crippen LogP contribution in [0.25, 0.3) is 22.0 Å². The molecule has 0 saturated carbocycles. The van der Waals surface area contributed by atoms with E-state index in [1.165, 1.54) is 0 Å². The molecule has 0 spiro atoms. The van der Waals surface area contributed by atoms with Crippen LogP contribution in [-0.2, 0) is 9.53 Å². The summed E-state index contributed by atoms with van der Waals surface area (Å²) in [6, 6.07) is 16.7. The average Bonchev–Trinajstić information content (AvgIpc) is 2.98. The van der Waals surface area contributed by atoms with Gasteiger partial charge < -0.3 is 25.0 Å². The Morgan fingerprint density at radius 1 is 1.07 bits per heavy atom. The van der Waals surface area contributed by atoms with Crippen molar-refractivity contribution < 1.29 is 19.1 Å². The SMILES string of the molecule is Cc1ccc2c(NC(=O)CC#N)cccc2c1Oc1ncccc1-c1ccnc(NC2CCCN(C(=O)OC(C)(C)C)C2)n1. The second kappa shape index (κ2) is 13.0. The highest BCUT2D eigenvalue weighted by atomic mass is 16.6. The van der Waals surface area contributed by atoms with Gasteiger partial charge in [0.15, 0.2) is 0 Å². The number of carbonyl (C=O) groups is 2. The van der Waals surface area contributed by atoms with Gasteiger partial charge in [-0.25, -0.2) is 19.7 Å².